The fourth-order valence-electron chi connectivity index (χ4n) is 15.0. The minimum atomic E-state index is -1.27. The second-order valence-corrected chi connectivity index (χ2v) is 22.3. The van der Waals surface area contributed by atoms with Crippen LogP contribution in [0.25, 0.3) is 0 Å². The van der Waals surface area contributed by atoms with Gasteiger partial charge in [0.05, 0.1) is 31.5 Å². The number of hydrogen-bond acceptors (Lipinski definition) is 10. The van der Waals surface area contributed by atoms with E-state index < -0.39 is 35.7 Å². The standard InChI is InChI=1S/C59H88N2O8/c1-41-19-22-52(56(25-9-10-26-56)49-18-12-14-44(33-49)34-57(61-36-41,29-32-68-5)48-16-7-6-8-17-48)42(2)13-11-15-47(39-69-40-50(65)38-64)51-23-27-59(55(51)66)54-45(24-31-62)20-21-46(53(54)43(3)37-63)35-58(59,67)28-30-60-4/h11-15,18-21,33,37,45-46,48,50-52,54-55,60-62,64-67H,2,6-10,16-17,22-32,34-36,38-40H2,1,3-5H3/b13-11+,41-19+,47-15-,53-43?/t45-,46-,50+,51-,52-,54-,55+,57-,58+,59+/m0/s1. The molecule has 5 aliphatic carbocycles. The average molecular weight is 953 g/mol. The molecule has 0 aromatic heterocycles. The molecule has 0 saturated heterocycles. The summed E-state index contributed by atoms with van der Waals surface area (Å²) in [5.74, 6) is -0.317. The normalized spacial score (nSPS) is 34.9. The third-order valence-electron chi connectivity index (χ3n) is 18.5. The zero-order valence-electron chi connectivity index (χ0n) is 42.6. The number of benzene rings is 1. The quantitative estimate of drug-likeness (QED) is 0.0312. The first-order chi connectivity index (χ1) is 33.4. The molecule has 1 aliphatic heterocycles. The molecular weight excluding hydrogens is 865 g/mol. The minimum absolute atomic E-state index is 0.0404. The van der Waals surface area contributed by atoms with E-state index in [9.17, 15) is 30.3 Å². The molecule has 1 aromatic carbocycles. The molecule has 7 N–H and O–H groups in total. The van der Waals surface area contributed by atoms with Crippen LogP contribution in [0.15, 0.2) is 95.2 Å². The first-order valence-corrected chi connectivity index (χ1v) is 26.8. The maximum atomic E-state index is 13.1. The molecular formula is C59H88N2O8. The first kappa shape index (κ1) is 53.8. The Hall–Kier alpha value is -3.03. The zero-order valence-corrected chi connectivity index (χ0v) is 42.6. The first-order valence-electron chi connectivity index (χ1n) is 26.8. The number of ether oxygens (including phenoxy) is 2. The summed E-state index contributed by atoms with van der Waals surface area (Å²) < 4.78 is 11.9. The number of carbonyl (C=O) groups excluding carboxylic acids is 1. The van der Waals surface area contributed by atoms with Gasteiger partial charge in [0.25, 0.3) is 0 Å². The third-order valence-corrected chi connectivity index (χ3v) is 18.5. The molecule has 6 aliphatic rings. The number of allylic oxidation sites excluding steroid dienone is 9. The zero-order chi connectivity index (χ0) is 49.2. The lowest BCUT2D eigenvalue weighted by Crippen LogP contribution is -2.65. The predicted molar refractivity (Wildman–Crippen MR) is 276 cm³/mol. The van der Waals surface area contributed by atoms with Crippen molar-refractivity contribution in [1.82, 2.24) is 10.6 Å². The Labute approximate surface area is 414 Å². The topological polar surface area (TPSA) is 161 Å². The van der Waals surface area contributed by atoms with Crippen molar-refractivity contribution in [2.45, 2.75) is 152 Å². The van der Waals surface area contributed by atoms with Crippen LogP contribution in [0.5, 0.6) is 0 Å². The molecule has 2 spiro atoms. The fourth-order valence-corrected chi connectivity index (χ4v) is 15.0. The maximum Gasteiger partial charge on any atom is 0.145 e. The van der Waals surface area contributed by atoms with E-state index in [4.69, 9.17) is 16.1 Å². The van der Waals surface area contributed by atoms with Gasteiger partial charge in [0.1, 0.15) is 12.4 Å². The molecule has 4 saturated carbocycles. The smallest absolute Gasteiger partial charge is 0.145 e. The molecule has 4 bridgehead atoms. The Kier molecular flexibility index (Phi) is 18.8. The van der Waals surface area contributed by atoms with E-state index in [-0.39, 0.29) is 54.4 Å². The number of nitrogens with one attached hydrogen (secondary N) is 2. The van der Waals surface area contributed by atoms with Crippen molar-refractivity contribution in [3.63, 3.8) is 0 Å². The van der Waals surface area contributed by atoms with Gasteiger partial charge in [0.2, 0.25) is 0 Å². The second kappa shape index (κ2) is 24.1. The molecule has 10 nitrogen and oxygen atoms in total. The highest BCUT2D eigenvalue weighted by Crippen LogP contribution is 2.67. The van der Waals surface area contributed by atoms with Crippen molar-refractivity contribution < 1.29 is 39.8 Å². The van der Waals surface area contributed by atoms with E-state index in [0.717, 1.165) is 68.3 Å². The number of aldehydes is 1. The van der Waals surface area contributed by atoms with Gasteiger partial charge in [-0.2, -0.15) is 0 Å². The summed E-state index contributed by atoms with van der Waals surface area (Å²) in [6.45, 7) is 10.7. The Morgan fingerprint density at radius 2 is 1.84 bits per heavy atom. The van der Waals surface area contributed by atoms with Crippen LogP contribution in [0.2, 0.25) is 0 Å². The Morgan fingerprint density at radius 3 is 2.55 bits per heavy atom. The number of carbonyl (C=O) groups is 1. The van der Waals surface area contributed by atoms with Crippen LogP contribution in [0.1, 0.15) is 128 Å². The molecule has 382 valence electrons. The second-order valence-electron chi connectivity index (χ2n) is 22.3. The maximum absolute atomic E-state index is 13.1. The van der Waals surface area contributed by atoms with E-state index in [1.54, 1.807) is 0 Å². The largest absolute Gasteiger partial charge is 0.396 e. The highest BCUT2D eigenvalue weighted by atomic mass is 16.5. The lowest BCUT2D eigenvalue weighted by atomic mass is 9.45. The SMILES string of the molecule is C=C(/C=C/C=C(/COC[C@H](O)CO)[C@@H]1CC[C@]2([C@@H]1O)[C@@H]1C(=C(C)C=O)[C@@H](C=C[C@H]1CCO)C[C@]2(O)CCNC)[C@@H]1C/C=C(\C)CN[C@](CCOC)(C2CCCCC2)Cc2cccc(c2)C12CCCC2. The third kappa shape index (κ3) is 11.2. The van der Waals surface area contributed by atoms with Gasteiger partial charge in [-0.25, -0.2) is 0 Å². The molecule has 1 heterocycles. The van der Waals surface area contributed by atoms with E-state index in [1.807, 2.05) is 27.2 Å². The molecule has 69 heavy (non-hydrogen) atoms. The van der Waals surface area contributed by atoms with Gasteiger partial charge >= 0.3 is 0 Å². The van der Waals surface area contributed by atoms with Crippen LogP contribution in [-0.2, 0) is 26.1 Å². The number of fused-ring (bicyclic) bond motifs is 6. The van der Waals surface area contributed by atoms with E-state index >= 15 is 0 Å². The summed E-state index contributed by atoms with van der Waals surface area (Å²) in [5.41, 5.74) is 5.26. The molecule has 7 rings (SSSR count). The Bertz CT molecular complexity index is 2040. The van der Waals surface area contributed by atoms with Crippen LogP contribution in [0, 0.1) is 40.9 Å². The number of aliphatic hydroxyl groups is 5. The molecule has 0 radical (unpaired) electrons. The predicted octanol–water partition coefficient (Wildman–Crippen LogP) is 8.18. The van der Waals surface area contributed by atoms with Gasteiger partial charge in [0, 0.05) is 55.1 Å². The van der Waals surface area contributed by atoms with Gasteiger partial charge in [0.15, 0.2) is 0 Å². The van der Waals surface area contributed by atoms with E-state index in [1.165, 1.54) is 61.6 Å². The number of rotatable bonds is 19. The summed E-state index contributed by atoms with van der Waals surface area (Å²) in [4.78, 5) is 12.6. The van der Waals surface area contributed by atoms with Crippen molar-refractivity contribution in [3.05, 3.63) is 106 Å². The van der Waals surface area contributed by atoms with Crippen molar-refractivity contribution in [1.29, 1.82) is 0 Å². The monoisotopic (exact) mass is 953 g/mol. The molecule has 1 aromatic rings. The van der Waals surface area contributed by atoms with Crippen LogP contribution in [0.3, 0.4) is 0 Å². The van der Waals surface area contributed by atoms with E-state index in [0.29, 0.717) is 50.1 Å². The van der Waals surface area contributed by atoms with Gasteiger partial charge in [-0.3, -0.25) is 4.79 Å². The molecule has 0 unspecified atom stereocenters. The van der Waals surface area contributed by atoms with Gasteiger partial charge in [-0.15, -0.1) is 0 Å². The van der Waals surface area contributed by atoms with Crippen molar-refractivity contribution in [2.75, 3.05) is 60.3 Å². The van der Waals surface area contributed by atoms with Crippen LogP contribution in [-0.4, -0.2) is 115 Å². The number of methoxy groups -OCH3 is 1. The molecule has 10 atom stereocenters. The molecule has 0 amide bonds. The van der Waals surface area contributed by atoms with E-state index in [2.05, 4.69) is 72.2 Å². The van der Waals surface area contributed by atoms with Gasteiger partial charge < -0.3 is 45.6 Å². The number of aliphatic hydroxyl groups excluding tert-OH is 4. The Morgan fingerprint density at radius 1 is 1.06 bits per heavy atom. The summed E-state index contributed by atoms with van der Waals surface area (Å²) >= 11 is 0. The van der Waals surface area contributed by atoms with Crippen LogP contribution in [0.4, 0.5) is 0 Å². The van der Waals surface area contributed by atoms with Crippen molar-refractivity contribution >= 4 is 6.29 Å². The van der Waals surface area contributed by atoms with Gasteiger partial charge in [-0.05, 0) is 150 Å². The summed E-state index contributed by atoms with van der Waals surface area (Å²) in [7, 11) is 3.70. The van der Waals surface area contributed by atoms with Crippen LogP contribution < -0.4 is 10.6 Å². The average Bonchev–Trinajstić information content (AvgIpc) is 3.99. The lowest BCUT2D eigenvalue weighted by Gasteiger charge is -2.61. The summed E-state index contributed by atoms with van der Waals surface area (Å²) in [6.07, 6.45) is 28.0. The number of hydrogen-bond donors (Lipinski definition) is 7. The highest BCUT2D eigenvalue weighted by Gasteiger charge is 2.68. The highest BCUT2D eigenvalue weighted by molar-refractivity contribution is 5.74. The summed E-state index contributed by atoms with van der Waals surface area (Å²) in [6, 6.07) is 9.54. The minimum Gasteiger partial charge on any atom is -0.396 e. The van der Waals surface area contributed by atoms with Crippen molar-refractivity contribution in [3.8, 4) is 0 Å². The van der Waals surface area contributed by atoms with Gasteiger partial charge in [-0.1, -0.05) is 116 Å². The summed E-state index contributed by atoms with van der Waals surface area (Å²) in [5, 5.41) is 64.0. The lowest BCUT2D eigenvalue weighted by molar-refractivity contribution is -0.194. The fraction of sp³-hybridized carbons (Fsp3) is 0.678. The van der Waals surface area contributed by atoms with Crippen molar-refractivity contribution in [2.24, 2.45) is 40.9 Å². The molecule has 10 heteroatoms. The molecule has 4 fully saturated rings. The van der Waals surface area contributed by atoms with Crippen LogP contribution >= 0.6 is 0 Å². The Balaban J connectivity index is 1.25.